The molecule has 4 nitrogen and oxygen atoms in total. The van der Waals surface area contributed by atoms with E-state index in [0.717, 1.165) is 12.2 Å². The van der Waals surface area contributed by atoms with E-state index in [1.54, 1.807) is 6.20 Å². The van der Waals surface area contributed by atoms with Crippen molar-refractivity contribution in [3.05, 3.63) is 12.4 Å². The molecule has 0 spiro atoms. The maximum absolute atomic E-state index is 5.59. The maximum Gasteiger partial charge on any atom is 0.234 e. The Balaban J connectivity index is 1.79. The van der Waals surface area contributed by atoms with Crippen LogP contribution in [-0.4, -0.2) is 33.5 Å². The lowest BCUT2D eigenvalue weighted by atomic mass is 10.0. The highest BCUT2D eigenvalue weighted by molar-refractivity contribution is 9.09. The van der Waals surface area contributed by atoms with Crippen LogP contribution in [0.25, 0.3) is 0 Å². The van der Waals surface area contributed by atoms with Crippen LogP contribution in [0.5, 0.6) is 5.88 Å². The number of fused-ring (bicyclic) bond motifs is 2. The average Bonchev–Trinajstić information content (AvgIpc) is 2.69. The summed E-state index contributed by atoms with van der Waals surface area (Å²) < 4.78 is 5.59. The van der Waals surface area contributed by atoms with Crippen molar-refractivity contribution < 1.29 is 4.74 Å². The Labute approximate surface area is 122 Å². The van der Waals surface area contributed by atoms with Gasteiger partial charge >= 0.3 is 0 Å². The first-order valence-electron chi connectivity index (χ1n) is 7.15. The van der Waals surface area contributed by atoms with Crippen LogP contribution < -0.4 is 9.64 Å². The van der Waals surface area contributed by atoms with E-state index in [9.17, 15) is 0 Å². The Morgan fingerprint density at radius 3 is 2.74 bits per heavy atom. The highest BCUT2D eigenvalue weighted by Crippen LogP contribution is 2.40. The number of hydrogen-bond donors (Lipinski definition) is 0. The third kappa shape index (κ3) is 2.71. The van der Waals surface area contributed by atoms with Gasteiger partial charge in [0, 0.05) is 16.9 Å². The number of ether oxygens (including phenoxy) is 1. The van der Waals surface area contributed by atoms with Gasteiger partial charge in [-0.3, -0.25) is 4.98 Å². The van der Waals surface area contributed by atoms with E-state index >= 15 is 0 Å². The molecule has 2 atom stereocenters. The third-order valence-electron chi connectivity index (χ3n) is 3.99. The molecule has 19 heavy (non-hydrogen) atoms. The SMILES string of the molecule is CCCOc1cncc(N2C3CCC2CC(Br)C3)n1. The minimum atomic E-state index is 0.610. The van der Waals surface area contributed by atoms with Crippen molar-refractivity contribution in [2.24, 2.45) is 0 Å². The smallest absolute Gasteiger partial charge is 0.234 e. The second-order valence-corrected chi connectivity index (χ2v) is 6.72. The van der Waals surface area contributed by atoms with Crippen LogP contribution in [0.2, 0.25) is 0 Å². The van der Waals surface area contributed by atoms with Crippen LogP contribution in [0.3, 0.4) is 0 Å². The molecule has 2 bridgehead atoms. The van der Waals surface area contributed by atoms with Gasteiger partial charge in [-0.05, 0) is 32.1 Å². The molecule has 1 aromatic heterocycles. The predicted molar refractivity (Wildman–Crippen MR) is 79.1 cm³/mol. The second-order valence-electron chi connectivity index (χ2n) is 5.42. The molecule has 0 aliphatic carbocycles. The van der Waals surface area contributed by atoms with Crippen LogP contribution in [-0.2, 0) is 0 Å². The van der Waals surface area contributed by atoms with E-state index in [1.807, 2.05) is 6.20 Å². The number of hydrogen-bond acceptors (Lipinski definition) is 4. The minimum absolute atomic E-state index is 0.610. The first-order chi connectivity index (χ1) is 9.28. The fourth-order valence-corrected chi connectivity index (χ4v) is 4.09. The molecule has 3 rings (SSSR count). The van der Waals surface area contributed by atoms with Gasteiger partial charge in [0.15, 0.2) is 5.82 Å². The van der Waals surface area contributed by atoms with Gasteiger partial charge in [-0.2, -0.15) is 4.98 Å². The van der Waals surface area contributed by atoms with Gasteiger partial charge in [0.1, 0.15) is 0 Å². The molecule has 2 aliphatic heterocycles. The van der Waals surface area contributed by atoms with Gasteiger partial charge in [0.2, 0.25) is 5.88 Å². The Kier molecular flexibility index (Phi) is 3.91. The second kappa shape index (κ2) is 5.65. The molecule has 0 amide bonds. The van der Waals surface area contributed by atoms with Crippen LogP contribution in [0.4, 0.5) is 5.82 Å². The minimum Gasteiger partial charge on any atom is -0.477 e. The van der Waals surface area contributed by atoms with Crippen molar-refractivity contribution in [2.75, 3.05) is 11.5 Å². The number of anilines is 1. The molecular formula is C14H20BrN3O. The zero-order valence-corrected chi connectivity index (χ0v) is 12.8. The summed E-state index contributed by atoms with van der Waals surface area (Å²) in [6.45, 7) is 2.80. The van der Waals surface area contributed by atoms with Crippen LogP contribution >= 0.6 is 15.9 Å². The van der Waals surface area contributed by atoms with Gasteiger partial charge in [0.25, 0.3) is 0 Å². The Hall–Kier alpha value is -0.840. The summed E-state index contributed by atoms with van der Waals surface area (Å²) in [5, 5.41) is 0. The predicted octanol–water partition coefficient (Wildman–Crippen LogP) is 3.16. The normalized spacial score (nSPS) is 29.6. The Bertz CT molecular complexity index is 428. The fourth-order valence-electron chi connectivity index (χ4n) is 3.22. The number of piperidine rings is 1. The first kappa shape index (κ1) is 13.2. The van der Waals surface area contributed by atoms with Crippen molar-refractivity contribution in [3.8, 4) is 5.88 Å². The summed E-state index contributed by atoms with van der Waals surface area (Å²) in [5.41, 5.74) is 0. The zero-order valence-electron chi connectivity index (χ0n) is 11.3. The molecule has 0 N–H and O–H groups in total. The summed E-state index contributed by atoms with van der Waals surface area (Å²) in [4.78, 5) is 12.0. The van der Waals surface area contributed by atoms with Crippen molar-refractivity contribution >= 4 is 21.7 Å². The molecule has 5 heteroatoms. The van der Waals surface area contributed by atoms with Gasteiger partial charge in [-0.25, -0.2) is 0 Å². The topological polar surface area (TPSA) is 38.2 Å². The molecule has 104 valence electrons. The standard InChI is InChI=1S/C14H20BrN3O/c1-2-5-19-14-9-16-8-13(17-14)18-11-3-4-12(18)7-10(15)6-11/h8-12H,2-7H2,1H3. The first-order valence-corrected chi connectivity index (χ1v) is 8.06. The number of nitrogens with zero attached hydrogens (tertiary/aromatic N) is 3. The summed E-state index contributed by atoms with van der Waals surface area (Å²) in [5.74, 6) is 1.64. The van der Waals surface area contributed by atoms with Gasteiger partial charge in [-0.15, -0.1) is 0 Å². The van der Waals surface area contributed by atoms with E-state index < -0.39 is 0 Å². The van der Waals surface area contributed by atoms with Gasteiger partial charge in [-0.1, -0.05) is 22.9 Å². The van der Waals surface area contributed by atoms with Crippen molar-refractivity contribution in [1.29, 1.82) is 0 Å². The monoisotopic (exact) mass is 325 g/mol. The molecule has 1 aromatic rings. The molecule has 0 aromatic carbocycles. The fraction of sp³-hybridized carbons (Fsp3) is 0.714. The van der Waals surface area contributed by atoms with Crippen LogP contribution in [0, 0.1) is 0 Å². The molecule has 2 aliphatic rings. The van der Waals surface area contributed by atoms with Crippen molar-refractivity contribution in [1.82, 2.24) is 9.97 Å². The summed E-state index contributed by atoms with van der Waals surface area (Å²) in [6.07, 6.45) is 9.53. The lowest BCUT2D eigenvalue weighted by molar-refractivity contribution is 0.303. The number of rotatable bonds is 4. The quantitative estimate of drug-likeness (QED) is 0.797. The molecule has 0 saturated carbocycles. The molecule has 2 fully saturated rings. The highest BCUT2D eigenvalue weighted by atomic mass is 79.9. The Morgan fingerprint density at radius 2 is 2.05 bits per heavy atom. The molecule has 2 unspecified atom stereocenters. The van der Waals surface area contributed by atoms with Gasteiger partial charge < -0.3 is 9.64 Å². The van der Waals surface area contributed by atoms with Crippen molar-refractivity contribution in [2.45, 2.75) is 55.9 Å². The largest absolute Gasteiger partial charge is 0.477 e. The zero-order chi connectivity index (χ0) is 13.2. The van der Waals surface area contributed by atoms with E-state index in [2.05, 4.69) is 37.7 Å². The van der Waals surface area contributed by atoms with Crippen LogP contribution in [0.15, 0.2) is 12.4 Å². The summed E-state index contributed by atoms with van der Waals surface area (Å²) in [6, 6.07) is 1.22. The number of halogens is 1. The Morgan fingerprint density at radius 1 is 1.32 bits per heavy atom. The number of alkyl halides is 1. The van der Waals surface area contributed by atoms with E-state index in [4.69, 9.17) is 4.74 Å². The molecule has 3 heterocycles. The molecule has 0 radical (unpaired) electrons. The highest BCUT2D eigenvalue weighted by Gasteiger charge is 2.40. The summed E-state index contributed by atoms with van der Waals surface area (Å²) in [7, 11) is 0. The van der Waals surface area contributed by atoms with Gasteiger partial charge in [0.05, 0.1) is 19.0 Å². The lowest BCUT2D eigenvalue weighted by Gasteiger charge is -2.37. The lowest BCUT2D eigenvalue weighted by Crippen LogP contribution is -2.43. The van der Waals surface area contributed by atoms with E-state index in [0.29, 0.717) is 29.4 Å². The van der Waals surface area contributed by atoms with Crippen LogP contribution in [0.1, 0.15) is 39.0 Å². The average molecular weight is 326 g/mol. The molecular weight excluding hydrogens is 306 g/mol. The number of aromatic nitrogens is 2. The van der Waals surface area contributed by atoms with Crippen molar-refractivity contribution in [3.63, 3.8) is 0 Å². The maximum atomic E-state index is 5.59. The van der Waals surface area contributed by atoms with E-state index in [1.165, 1.54) is 25.7 Å². The third-order valence-corrected chi connectivity index (χ3v) is 4.74. The summed E-state index contributed by atoms with van der Waals surface area (Å²) >= 11 is 3.77. The molecule has 2 saturated heterocycles. The van der Waals surface area contributed by atoms with E-state index in [-0.39, 0.29) is 0 Å².